The number of carbonyl (C=O) groups excluding carboxylic acids is 4. The van der Waals surface area contributed by atoms with E-state index in [4.69, 9.17) is 37.0 Å². The fraction of sp³-hybridized carbons (Fsp3) is 0.772. The Balaban J connectivity index is 5.35. The molecule has 0 aromatic heterocycles. The first-order valence-corrected chi connectivity index (χ1v) is 41.8. The van der Waals surface area contributed by atoms with E-state index in [2.05, 4.69) is 113 Å². The van der Waals surface area contributed by atoms with E-state index in [0.29, 0.717) is 25.7 Å². The second-order valence-electron chi connectivity index (χ2n) is 25.9. The zero-order valence-corrected chi connectivity index (χ0v) is 63.7. The SMILES string of the molecule is CC/C=C\C/C=C\C/C=C\C/C=C\CCCCCCC(=O)OCC(COP(=O)(O)OCC(O)COP(=O)(O)OCC(COC(=O)CCCCCCC/C=C\C/C=C\CCC)OC(=O)CCCCCCC/C=C\CCCCCC)OC(=O)CCCCCCCCCCCCCCCCC. The van der Waals surface area contributed by atoms with Crippen LogP contribution in [0.1, 0.15) is 336 Å². The van der Waals surface area contributed by atoms with Crippen molar-refractivity contribution in [3.05, 3.63) is 85.1 Å². The highest BCUT2D eigenvalue weighted by atomic mass is 31.2. The van der Waals surface area contributed by atoms with E-state index in [1.54, 1.807) is 0 Å². The Morgan fingerprint density at radius 2 is 0.551 bits per heavy atom. The maximum atomic E-state index is 13.1. The molecule has 0 saturated heterocycles. The summed E-state index contributed by atoms with van der Waals surface area (Å²) < 4.78 is 68.5. The lowest BCUT2D eigenvalue weighted by Gasteiger charge is -2.21. The number of unbranched alkanes of at least 4 members (excludes halogenated alkanes) is 33. The largest absolute Gasteiger partial charge is 0.472 e. The Labute approximate surface area is 595 Å². The fourth-order valence-corrected chi connectivity index (χ4v) is 12.0. The first-order valence-electron chi connectivity index (χ1n) is 38.8. The van der Waals surface area contributed by atoms with Gasteiger partial charge in [0.25, 0.3) is 0 Å². The molecule has 0 amide bonds. The number of hydrogen-bond donors (Lipinski definition) is 3. The molecule has 0 radical (unpaired) electrons. The van der Waals surface area contributed by atoms with E-state index in [-0.39, 0.29) is 25.7 Å². The normalized spacial score (nSPS) is 14.4. The molecule has 0 rings (SSSR count). The molecule has 17 nitrogen and oxygen atoms in total. The van der Waals surface area contributed by atoms with E-state index in [9.17, 15) is 43.2 Å². The summed E-state index contributed by atoms with van der Waals surface area (Å²) in [5, 5.41) is 10.6. The molecule has 0 aliphatic carbocycles. The molecule has 568 valence electrons. The van der Waals surface area contributed by atoms with Gasteiger partial charge >= 0.3 is 39.5 Å². The third kappa shape index (κ3) is 70.7. The van der Waals surface area contributed by atoms with Crippen molar-refractivity contribution in [2.75, 3.05) is 39.6 Å². The van der Waals surface area contributed by atoms with Gasteiger partial charge in [-0.15, -0.1) is 0 Å². The van der Waals surface area contributed by atoms with Gasteiger partial charge in [-0.2, -0.15) is 0 Å². The van der Waals surface area contributed by atoms with E-state index in [1.165, 1.54) is 89.9 Å². The number of carbonyl (C=O) groups is 4. The van der Waals surface area contributed by atoms with Crippen LogP contribution in [0.2, 0.25) is 0 Å². The summed E-state index contributed by atoms with van der Waals surface area (Å²) in [6.45, 7) is 4.67. The molecule has 0 heterocycles. The maximum absolute atomic E-state index is 13.1. The average molecular weight is 1420 g/mol. The molecule has 5 atom stereocenters. The zero-order valence-electron chi connectivity index (χ0n) is 62.0. The van der Waals surface area contributed by atoms with Crippen LogP contribution < -0.4 is 0 Å². The standard InChI is InChI=1S/C79H140O17P2/c1-5-9-13-17-21-25-29-33-35-36-38-41-44-48-52-56-60-64-77(82)90-70-75(96-79(84)66-62-58-54-50-46-42-37-34-30-26-22-18-14-10-6-2)72-94-98(87,88)92-68-73(80)67-91-97(85,86)93-71-74(95-78(83)65-61-57-53-49-45-40-32-28-24-20-16-12-8-4)69-89-76(81)63-59-55-51-47-43-39-31-27-23-19-15-11-7-3/h9,13,15,19,21,25,27-28,31-33,35,38,41,73-75,80H,5-8,10-12,14,16-18,20,22-24,26,29-30,34,36-37,39-40,42-72H2,1-4H3,(H,85,86)(H,87,88)/b13-9-,19-15-,25-21-,31-27-,32-28-,35-33-,41-38-. The molecule has 3 N–H and O–H groups in total. The van der Waals surface area contributed by atoms with Crippen LogP contribution in [0.25, 0.3) is 0 Å². The Morgan fingerprint density at radius 1 is 0.296 bits per heavy atom. The highest BCUT2D eigenvalue weighted by Crippen LogP contribution is 2.45. The number of aliphatic hydroxyl groups is 1. The molecule has 5 unspecified atom stereocenters. The van der Waals surface area contributed by atoms with Crippen molar-refractivity contribution >= 4 is 39.5 Å². The first-order chi connectivity index (χ1) is 47.7. The summed E-state index contributed by atoms with van der Waals surface area (Å²) in [6.07, 6.45) is 72.8. The summed E-state index contributed by atoms with van der Waals surface area (Å²) in [4.78, 5) is 72.9. The first kappa shape index (κ1) is 94.2. The van der Waals surface area contributed by atoms with Crippen molar-refractivity contribution in [3.63, 3.8) is 0 Å². The minimum absolute atomic E-state index is 0.0833. The molecular weight excluding hydrogens is 1280 g/mol. The molecule has 19 heteroatoms. The number of aliphatic hydroxyl groups excluding tert-OH is 1. The number of rotatable bonds is 73. The van der Waals surface area contributed by atoms with Gasteiger partial charge in [0, 0.05) is 25.7 Å². The lowest BCUT2D eigenvalue weighted by molar-refractivity contribution is -0.161. The zero-order chi connectivity index (χ0) is 71.8. The van der Waals surface area contributed by atoms with Gasteiger partial charge < -0.3 is 33.8 Å². The number of allylic oxidation sites excluding steroid dienone is 14. The highest BCUT2D eigenvalue weighted by molar-refractivity contribution is 7.47. The van der Waals surface area contributed by atoms with Crippen LogP contribution in [0.4, 0.5) is 0 Å². The Bertz CT molecular complexity index is 2190. The lowest BCUT2D eigenvalue weighted by Crippen LogP contribution is -2.30. The van der Waals surface area contributed by atoms with Gasteiger partial charge in [-0.05, 0) is 116 Å². The van der Waals surface area contributed by atoms with Gasteiger partial charge in [0.05, 0.1) is 26.4 Å². The molecule has 0 aliphatic heterocycles. The van der Waals surface area contributed by atoms with Crippen molar-refractivity contribution in [2.24, 2.45) is 0 Å². The van der Waals surface area contributed by atoms with Gasteiger partial charge in [0.2, 0.25) is 0 Å². The highest BCUT2D eigenvalue weighted by Gasteiger charge is 2.30. The van der Waals surface area contributed by atoms with Crippen LogP contribution >= 0.6 is 15.6 Å². The molecule has 0 spiro atoms. The average Bonchev–Trinajstić information content (AvgIpc) is 1.05. The molecule has 0 fully saturated rings. The van der Waals surface area contributed by atoms with Crippen molar-refractivity contribution in [1.29, 1.82) is 0 Å². The Kier molecular flexibility index (Phi) is 68.9. The van der Waals surface area contributed by atoms with Crippen LogP contribution in [0, 0.1) is 0 Å². The lowest BCUT2D eigenvalue weighted by atomic mass is 10.0. The van der Waals surface area contributed by atoms with Gasteiger partial charge in [-0.25, -0.2) is 9.13 Å². The Hall–Kier alpha value is -3.76. The predicted molar refractivity (Wildman–Crippen MR) is 399 cm³/mol. The number of ether oxygens (including phenoxy) is 4. The van der Waals surface area contributed by atoms with Gasteiger partial charge in [0.1, 0.15) is 19.3 Å². The molecule has 0 aromatic rings. The predicted octanol–water partition coefficient (Wildman–Crippen LogP) is 22.2. The van der Waals surface area contributed by atoms with Gasteiger partial charge in [0.15, 0.2) is 12.2 Å². The molecule has 0 saturated carbocycles. The number of phosphoric acid groups is 2. The van der Waals surface area contributed by atoms with Crippen LogP contribution in [0.3, 0.4) is 0 Å². The van der Waals surface area contributed by atoms with Gasteiger partial charge in [-0.3, -0.25) is 37.3 Å². The third-order valence-electron chi connectivity index (χ3n) is 16.3. The molecule has 0 bridgehead atoms. The summed E-state index contributed by atoms with van der Waals surface area (Å²) in [6, 6.07) is 0. The quantitative estimate of drug-likeness (QED) is 0.0169. The van der Waals surface area contributed by atoms with E-state index in [1.807, 2.05) is 0 Å². The second kappa shape index (κ2) is 71.6. The maximum Gasteiger partial charge on any atom is 0.472 e. The van der Waals surface area contributed by atoms with E-state index < -0.39 is 97.5 Å². The van der Waals surface area contributed by atoms with Crippen molar-refractivity contribution in [2.45, 2.75) is 354 Å². The summed E-state index contributed by atoms with van der Waals surface area (Å²) in [5.74, 6) is -2.20. The monoisotopic (exact) mass is 1420 g/mol. The topological polar surface area (TPSA) is 237 Å². The summed E-state index contributed by atoms with van der Waals surface area (Å²) in [5.41, 5.74) is 0. The number of hydrogen-bond acceptors (Lipinski definition) is 15. The summed E-state index contributed by atoms with van der Waals surface area (Å²) in [7, 11) is -9.95. The smallest absolute Gasteiger partial charge is 0.462 e. The second-order valence-corrected chi connectivity index (χ2v) is 28.8. The van der Waals surface area contributed by atoms with Crippen LogP contribution in [-0.4, -0.2) is 96.7 Å². The van der Waals surface area contributed by atoms with E-state index >= 15 is 0 Å². The molecule has 0 aromatic carbocycles. The third-order valence-corrected chi connectivity index (χ3v) is 18.2. The minimum atomic E-state index is -4.98. The van der Waals surface area contributed by atoms with Crippen LogP contribution in [0.15, 0.2) is 85.1 Å². The molecule has 0 aliphatic rings. The number of phosphoric ester groups is 2. The number of esters is 4. The van der Waals surface area contributed by atoms with Crippen molar-refractivity contribution in [1.82, 2.24) is 0 Å². The Morgan fingerprint density at radius 3 is 0.878 bits per heavy atom. The molecular formula is C79H140O17P2. The van der Waals surface area contributed by atoms with Gasteiger partial charge in [-0.1, -0.05) is 280 Å². The molecule has 98 heavy (non-hydrogen) atoms. The van der Waals surface area contributed by atoms with Crippen LogP contribution in [-0.2, 0) is 65.4 Å². The van der Waals surface area contributed by atoms with Crippen molar-refractivity contribution < 1.29 is 80.2 Å². The minimum Gasteiger partial charge on any atom is -0.462 e. The fourth-order valence-electron chi connectivity index (χ4n) is 10.4. The van der Waals surface area contributed by atoms with Crippen LogP contribution in [0.5, 0.6) is 0 Å². The van der Waals surface area contributed by atoms with Crippen molar-refractivity contribution in [3.8, 4) is 0 Å². The summed E-state index contributed by atoms with van der Waals surface area (Å²) >= 11 is 0. The van der Waals surface area contributed by atoms with E-state index in [0.717, 1.165) is 167 Å².